The summed E-state index contributed by atoms with van der Waals surface area (Å²) in [5, 5.41) is 10.5. The normalized spacial score (nSPS) is 14.2. The molecule has 0 fully saturated rings. The fraction of sp³-hybridized carbons (Fsp3) is 0.940. The van der Waals surface area contributed by atoms with Crippen molar-refractivity contribution < 1.29 is 80.2 Å². The molecule has 0 saturated carbocycles. The first-order valence-electron chi connectivity index (χ1n) is 35.1. The minimum Gasteiger partial charge on any atom is -0.462 e. The Hall–Kier alpha value is -1.94. The number of rotatable bonds is 67. The van der Waals surface area contributed by atoms with E-state index in [1.165, 1.54) is 141 Å². The van der Waals surface area contributed by atoms with Crippen LogP contribution in [0, 0.1) is 5.92 Å². The quantitative estimate of drug-likeness (QED) is 0.0222. The predicted octanol–water partition coefficient (Wildman–Crippen LogP) is 19.0. The third-order valence-corrected chi connectivity index (χ3v) is 17.4. The van der Waals surface area contributed by atoms with E-state index in [4.69, 9.17) is 37.0 Å². The molecule has 0 aromatic rings. The molecule has 17 nitrogen and oxygen atoms in total. The van der Waals surface area contributed by atoms with Gasteiger partial charge in [-0.2, -0.15) is 0 Å². The highest BCUT2D eigenvalue weighted by Crippen LogP contribution is 2.45. The molecule has 2 unspecified atom stereocenters. The Balaban J connectivity index is 5.11. The summed E-state index contributed by atoms with van der Waals surface area (Å²) >= 11 is 0. The number of phosphoric ester groups is 2. The maximum atomic E-state index is 13.0. The number of ether oxygens (including phenoxy) is 4. The summed E-state index contributed by atoms with van der Waals surface area (Å²) < 4.78 is 67.9. The summed E-state index contributed by atoms with van der Waals surface area (Å²) in [4.78, 5) is 72.1. The SMILES string of the molecule is CCCCCCCCCCCCCCCCCCCCCCC(=O)O[C@H](COC(=O)CCCCCCCCCCCC(C)C)COP(=O)(O)OC[C@@H](O)COP(=O)(O)OC[C@@H](COC(=O)CCCCCCCCC)OC(=O)CCCCCCCCC. The molecular formula is C67H130O17P2. The number of phosphoric acid groups is 2. The fourth-order valence-corrected chi connectivity index (χ4v) is 11.7. The summed E-state index contributed by atoms with van der Waals surface area (Å²) in [7, 11) is -9.88. The molecule has 510 valence electrons. The third kappa shape index (κ3) is 60.9. The van der Waals surface area contributed by atoms with Crippen LogP contribution >= 0.6 is 15.6 Å². The fourth-order valence-electron chi connectivity index (χ4n) is 10.1. The first-order valence-corrected chi connectivity index (χ1v) is 38.1. The number of hydrogen-bond acceptors (Lipinski definition) is 15. The number of esters is 4. The van der Waals surface area contributed by atoms with E-state index < -0.39 is 97.5 Å². The molecule has 0 rings (SSSR count). The summed E-state index contributed by atoms with van der Waals surface area (Å²) in [6.45, 7) is 7.11. The van der Waals surface area contributed by atoms with E-state index >= 15 is 0 Å². The van der Waals surface area contributed by atoms with Crippen LogP contribution in [0.15, 0.2) is 0 Å². The van der Waals surface area contributed by atoms with Gasteiger partial charge in [-0.1, -0.05) is 291 Å². The van der Waals surface area contributed by atoms with Gasteiger partial charge in [0.1, 0.15) is 19.3 Å². The third-order valence-electron chi connectivity index (χ3n) is 15.5. The van der Waals surface area contributed by atoms with E-state index in [1.807, 2.05) is 0 Å². The van der Waals surface area contributed by atoms with Crippen molar-refractivity contribution in [2.45, 2.75) is 361 Å². The largest absolute Gasteiger partial charge is 0.472 e. The molecule has 0 amide bonds. The Morgan fingerprint density at radius 2 is 0.535 bits per heavy atom. The maximum Gasteiger partial charge on any atom is 0.472 e. The summed E-state index contributed by atoms with van der Waals surface area (Å²) in [6.07, 6.45) is 46.3. The smallest absolute Gasteiger partial charge is 0.462 e. The van der Waals surface area contributed by atoms with Crippen molar-refractivity contribution >= 4 is 39.5 Å². The molecule has 86 heavy (non-hydrogen) atoms. The van der Waals surface area contributed by atoms with Crippen molar-refractivity contribution in [3.05, 3.63) is 0 Å². The Kier molecular flexibility index (Phi) is 59.2. The number of aliphatic hydroxyl groups excluding tert-OH is 1. The molecule has 0 saturated heterocycles. The Morgan fingerprint density at radius 1 is 0.314 bits per heavy atom. The van der Waals surface area contributed by atoms with Gasteiger partial charge < -0.3 is 33.8 Å². The van der Waals surface area contributed by atoms with Crippen LogP contribution in [0.25, 0.3) is 0 Å². The number of hydrogen-bond donors (Lipinski definition) is 3. The second-order valence-electron chi connectivity index (χ2n) is 24.7. The Morgan fingerprint density at radius 3 is 0.791 bits per heavy atom. The molecule has 19 heteroatoms. The molecule has 0 spiro atoms. The van der Waals surface area contributed by atoms with Crippen LogP contribution in [0.3, 0.4) is 0 Å². The van der Waals surface area contributed by atoms with Crippen LogP contribution in [0.1, 0.15) is 343 Å². The molecule has 0 bridgehead atoms. The molecule has 0 aliphatic rings. The van der Waals surface area contributed by atoms with Crippen LogP contribution in [0.4, 0.5) is 0 Å². The summed E-state index contributed by atoms with van der Waals surface area (Å²) in [5.41, 5.74) is 0. The van der Waals surface area contributed by atoms with Gasteiger partial charge in [-0.05, 0) is 31.6 Å². The Bertz CT molecular complexity index is 1670. The summed E-state index contributed by atoms with van der Waals surface area (Å²) in [6, 6.07) is 0. The first kappa shape index (κ1) is 84.1. The van der Waals surface area contributed by atoms with Crippen molar-refractivity contribution in [3.8, 4) is 0 Å². The minimum atomic E-state index is -4.95. The van der Waals surface area contributed by atoms with Gasteiger partial charge in [0.05, 0.1) is 26.4 Å². The van der Waals surface area contributed by atoms with Gasteiger partial charge in [-0.15, -0.1) is 0 Å². The zero-order valence-electron chi connectivity index (χ0n) is 55.4. The molecule has 0 aliphatic heterocycles. The highest BCUT2D eigenvalue weighted by molar-refractivity contribution is 7.47. The maximum absolute atomic E-state index is 13.0. The molecule has 0 aromatic heterocycles. The lowest BCUT2D eigenvalue weighted by atomic mass is 10.0. The van der Waals surface area contributed by atoms with Gasteiger partial charge >= 0.3 is 39.5 Å². The van der Waals surface area contributed by atoms with Gasteiger partial charge in [0.2, 0.25) is 0 Å². The standard InChI is InChI=1S/C67H130O17P2/c1-6-9-12-15-18-19-20-21-22-23-24-25-26-27-28-29-32-38-43-48-53-67(72)84-63(57-78-65(70)51-46-41-37-33-30-31-36-39-44-49-60(4)5)59-82-86(75,76)80-55-61(68)54-79-85(73,74)81-58-62(83-66(71)52-47-42-35-17-14-11-8-3)56-77-64(69)50-45-40-34-16-13-10-7-2/h60-63,68H,6-59H2,1-5H3,(H,73,74)(H,75,76)/t61-,62+,63+/m0/s1. The minimum absolute atomic E-state index is 0.103. The second kappa shape index (κ2) is 60.6. The second-order valence-corrected chi connectivity index (χ2v) is 27.6. The van der Waals surface area contributed by atoms with Gasteiger partial charge in [0.25, 0.3) is 0 Å². The molecule has 0 aromatic carbocycles. The monoisotopic (exact) mass is 1270 g/mol. The number of carbonyl (C=O) groups excluding carboxylic acids is 4. The van der Waals surface area contributed by atoms with Crippen molar-refractivity contribution in [2.75, 3.05) is 39.6 Å². The molecule has 0 radical (unpaired) electrons. The van der Waals surface area contributed by atoms with Crippen LogP contribution in [0.5, 0.6) is 0 Å². The zero-order valence-corrected chi connectivity index (χ0v) is 57.2. The van der Waals surface area contributed by atoms with Crippen molar-refractivity contribution in [1.82, 2.24) is 0 Å². The van der Waals surface area contributed by atoms with E-state index in [1.54, 1.807) is 0 Å². The topological polar surface area (TPSA) is 237 Å². The predicted molar refractivity (Wildman–Crippen MR) is 345 cm³/mol. The average molecular weight is 1270 g/mol. The molecule has 0 heterocycles. The van der Waals surface area contributed by atoms with E-state index in [-0.39, 0.29) is 25.7 Å². The number of aliphatic hydroxyl groups is 1. The van der Waals surface area contributed by atoms with Gasteiger partial charge in [-0.3, -0.25) is 37.3 Å². The highest BCUT2D eigenvalue weighted by Gasteiger charge is 2.30. The van der Waals surface area contributed by atoms with E-state index in [9.17, 15) is 43.2 Å². The molecular weight excluding hydrogens is 1140 g/mol. The lowest BCUT2D eigenvalue weighted by Crippen LogP contribution is -2.30. The average Bonchev–Trinajstić information content (AvgIpc) is 3.50. The van der Waals surface area contributed by atoms with Gasteiger partial charge in [0.15, 0.2) is 12.2 Å². The van der Waals surface area contributed by atoms with E-state index in [2.05, 4.69) is 34.6 Å². The summed E-state index contributed by atoms with van der Waals surface area (Å²) in [5.74, 6) is -1.39. The number of carbonyl (C=O) groups is 4. The highest BCUT2D eigenvalue weighted by atomic mass is 31.2. The Labute approximate surface area is 524 Å². The molecule has 5 atom stereocenters. The van der Waals surface area contributed by atoms with E-state index in [0.717, 1.165) is 121 Å². The van der Waals surface area contributed by atoms with Crippen molar-refractivity contribution in [1.29, 1.82) is 0 Å². The van der Waals surface area contributed by atoms with Crippen molar-refractivity contribution in [3.63, 3.8) is 0 Å². The molecule has 3 N–H and O–H groups in total. The van der Waals surface area contributed by atoms with Crippen LogP contribution < -0.4 is 0 Å². The zero-order chi connectivity index (χ0) is 63.5. The van der Waals surface area contributed by atoms with Crippen LogP contribution in [0.2, 0.25) is 0 Å². The van der Waals surface area contributed by atoms with Crippen LogP contribution in [-0.4, -0.2) is 96.7 Å². The molecule has 0 aliphatic carbocycles. The van der Waals surface area contributed by atoms with Gasteiger partial charge in [-0.25, -0.2) is 9.13 Å². The lowest BCUT2D eigenvalue weighted by Gasteiger charge is -2.21. The lowest BCUT2D eigenvalue weighted by molar-refractivity contribution is -0.161. The van der Waals surface area contributed by atoms with Gasteiger partial charge in [0, 0.05) is 25.7 Å². The number of unbranched alkanes of at least 4 members (excludes halogenated alkanes) is 39. The van der Waals surface area contributed by atoms with E-state index in [0.29, 0.717) is 25.7 Å². The van der Waals surface area contributed by atoms with Crippen molar-refractivity contribution in [2.24, 2.45) is 5.92 Å². The van der Waals surface area contributed by atoms with Crippen LogP contribution in [-0.2, 0) is 65.4 Å². The first-order chi connectivity index (χ1) is 41.5.